The Balaban J connectivity index is 0. The minimum Gasteiger partial charge on any atom is -1.00 e. The molecule has 0 saturated carbocycles. The summed E-state index contributed by atoms with van der Waals surface area (Å²) in [6.45, 7) is 20.4. The van der Waals surface area contributed by atoms with Crippen molar-refractivity contribution in [2.75, 3.05) is 39.3 Å². The highest BCUT2D eigenvalue weighted by molar-refractivity contribution is 5.73. The predicted octanol–water partition coefficient (Wildman–Crippen LogP) is 1.15. The largest absolute Gasteiger partial charge is 1.00 e. The van der Waals surface area contributed by atoms with Gasteiger partial charge in [0.1, 0.15) is 0 Å². The van der Waals surface area contributed by atoms with Gasteiger partial charge in [-0.05, 0) is 39.5 Å². The molecule has 0 N–H and O–H groups in total. The van der Waals surface area contributed by atoms with Gasteiger partial charge in [0.2, 0.25) is 0 Å². The predicted molar refractivity (Wildman–Crippen MR) is 91.2 cm³/mol. The van der Waals surface area contributed by atoms with Gasteiger partial charge in [0.05, 0.1) is 19.6 Å². The molecule has 0 aliphatic heterocycles. The second kappa shape index (κ2) is 13.4. The van der Waals surface area contributed by atoms with Crippen molar-refractivity contribution in [1.82, 2.24) is 4.90 Å². The number of aliphatic imine (C=N–C) groups is 1. The van der Waals surface area contributed by atoms with Crippen molar-refractivity contribution in [3.63, 3.8) is 0 Å². The zero-order chi connectivity index (χ0) is 15.4. The lowest BCUT2D eigenvalue weighted by atomic mass is 10.2. The van der Waals surface area contributed by atoms with Gasteiger partial charge in [-0.2, -0.15) is 0 Å². The molecule has 0 saturated heterocycles. The lowest BCUT2D eigenvalue weighted by Gasteiger charge is -2.42. The van der Waals surface area contributed by atoms with Crippen LogP contribution >= 0.6 is 0 Å². The summed E-state index contributed by atoms with van der Waals surface area (Å²) in [7, 11) is 0. The van der Waals surface area contributed by atoms with Crippen LogP contribution in [0.4, 0.5) is 0 Å². The van der Waals surface area contributed by atoms with Gasteiger partial charge in [0, 0.05) is 19.6 Å². The topological polar surface area (TPSA) is 15.6 Å². The molecular weight excluding hydrogens is 282 g/mol. The van der Waals surface area contributed by atoms with Crippen LogP contribution in [0.5, 0.6) is 0 Å². The molecule has 0 rings (SSSR count). The number of nitrogens with zero attached hydrogens (tertiary/aromatic N) is 3. The molecule has 0 atom stereocenters. The molecular formula is C17H38ClN3. The third-order valence-corrected chi connectivity index (χ3v) is 3.90. The van der Waals surface area contributed by atoms with Crippen LogP contribution in [0, 0.1) is 0 Å². The van der Waals surface area contributed by atoms with Gasteiger partial charge in [0.25, 0.3) is 5.96 Å². The summed E-state index contributed by atoms with van der Waals surface area (Å²) in [4.78, 5) is 7.51. The molecule has 0 aromatic carbocycles. The van der Waals surface area contributed by atoms with Gasteiger partial charge in [0.15, 0.2) is 0 Å². The van der Waals surface area contributed by atoms with Gasteiger partial charge in [-0.15, -0.1) is 0 Å². The Labute approximate surface area is 139 Å². The van der Waals surface area contributed by atoms with Gasteiger partial charge < -0.3 is 17.3 Å². The molecule has 0 fully saturated rings. The number of rotatable bonds is 10. The van der Waals surface area contributed by atoms with E-state index in [-0.39, 0.29) is 12.4 Å². The first-order valence-electron chi connectivity index (χ1n) is 8.81. The summed E-state index contributed by atoms with van der Waals surface area (Å²) in [5, 5.41) is 0. The van der Waals surface area contributed by atoms with Crippen LogP contribution in [-0.2, 0) is 0 Å². The van der Waals surface area contributed by atoms with E-state index >= 15 is 0 Å². The van der Waals surface area contributed by atoms with E-state index in [4.69, 9.17) is 4.99 Å². The quantitative estimate of drug-likeness (QED) is 0.335. The third-order valence-electron chi connectivity index (χ3n) is 3.90. The van der Waals surface area contributed by atoms with E-state index in [2.05, 4.69) is 46.4 Å². The Morgan fingerprint density at radius 2 is 1.19 bits per heavy atom. The molecule has 0 amide bonds. The molecule has 0 aromatic heterocycles. The van der Waals surface area contributed by atoms with Gasteiger partial charge in [-0.3, -0.25) is 4.48 Å². The molecule has 128 valence electrons. The Kier molecular flexibility index (Phi) is 14.7. The summed E-state index contributed by atoms with van der Waals surface area (Å²) in [6, 6.07) is 0. The average Bonchev–Trinajstić information content (AvgIpc) is 2.44. The summed E-state index contributed by atoms with van der Waals surface area (Å²) < 4.78 is 1.09. The number of hydrogen-bond donors (Lipinski definition) is 0. The van der Waals surface area contributed by atoms with Crippen molar-refractivity contribution in [1.29, 1.82) is 0 Å². The minimum absolute atomic E-state index is 0. The van der Waals surface area contributed by atoms with Crippen molar-refractivity contribution in [3.8, 4) is 0 Å². The van der Waals surface area contributed by atoms with E-state index in [9.17, 15) is 0 Å². The number of guanidine groups is 1. The highest BCUT2D eigenvalue weighted by Gasteiger charge is 2.35. The van der Waals surface area contributed by atoms with Gasteiger partial charge in [-0.25, -0.2) is 4.99 Å². The fraction of sp³-hybridized carbons (Fsp3) is 0.941. The Morgan fingerprint density at radius 3 is 1.48 bits per heavy atom. The summed E-state index contributed by atoms with van der Waals surface area (Å²) in [5.74, 6) is 1.35. The first kappa shape index (κ1) is 23.0. The Bertz CT molecular complexity index is 246. The zero-order valence-corrected chi connectivity index (χ0v) is 16.0. The molecule has 4 heteroatoms. The van der Waals surface area contributed by atoms with E-state index in [1.165, 1.54) is 44.9 Å². The number of hydrogen-bond acceptors (Lipinski definition) is 1. The van der Waals surface area contributed by atoms with Crippen LogP contribution in [0.3, 0.4) is 0 Å². The first-order chi connectivity index (χ1) is 9.65. The van der Waals surface area contributed by atoms with Crippen LogP contribution in [0.2, 0.25) is 0 Å². The fourth-order valence-electron chi connectivity index (χ4n) is 3.19. The monoisotopic (exact) mass is 319 g/mol. The van der Waals surface area contributed by atoms with E-state index in [1.807, 2.05) is 0 Å². The molecule has 3 nitrogen and oxygen atoms in total. The maximum Gasteiger partial charge on any atom is 0.300 e. The molecule has 0 aliphatic carbocycles. The van der Waals surface area contributed by atoms with Crippen molar-refractivity contribution in [3.05, 3.63) is 0 Å². The second-order valence-corrected chi connectivity index (χ2v) is 5.67. The lowest BCUT2D eigenvalue weighted by Crippen LogP contribution is -3.00. The van der Waals surface area contributed by atoms with Crippen LogP contribution in [-0.4, -0.2) is 54.6 Å². The Morgan fingerprint density at radius 1 is 0.762 bits per heavy atom. The highest BCUT2D eigenvalue weighted by atomic mass is 35.5. The standard InChI is InChI=1S/C17H38N3.ClH/c1-7-13-18-17(19(11-5)12-6)20(14-8-2,15-9-3)16-10-4;/h7-16H2,1-6H3;1H/q+1;/p-1. The van der Waals surface area contributed by atoms with Crippen molar-refractivity contribution in [2.45, 2.75) is 67.2 Å². The maximum absolute atomic E-state index is 5.03. The zero-order valence-electron chi connectivity index (χ0n) is 15.3. The van der Waals surface area contributed by atoms with Crippen LogP contribution in [0.1, 0.15) is 67.2 Å². The number of quaternary nitrogens is 1. The number of halogens is 1. The molecule has 0 spiro atoms. The summed E-state index contributed by atoms with van der Waals surface area (Å²) in [6.07, 6.45) is 4.82. The van der Waals surface area contributed by atoms with E-state index in [1.54, 1.807) is 0 Å². The minimum atomic E-state index is 0. The molecule has 0 unspecified atom stereocenters. The van der Waals surface area contributed by atoms with E-state index in [0.717, 1.165) is 30.5 Å². The SMILES string of the molecule is CCCN=C(N(CC)CC)[N+](CCC)(CCC)CCC.[Cl-]. The molecule has 0 heterocycles. The molecule has 0 aromatic rings. The summed E-state index contributed by atoms with van der Waals surface area (Å²) in [5.41, 5.74) is 0. The van der Waals surface area contributed by atoms with Gasteiger partial charge >= 0.3 is 0 Å². The molecule has 21 heavy (non-hydrogen) atoms. The van der Waals surface area contributed by atoms with Crippen LogP contribution in [0.25, 0.3) is 0 Å². The molecule has 0 bridgehead atoms. The average molecular weight is 320 g/mol. The second-order valence-electron chi connectivity index (χ2n) is 5.67. The van der Waals surface area contributed by atoms with Crippen molar-refractivity contribution < 1.29 is 16.9 Å². The highest BCUT2D eigenvalue weighted by Crippen LogP contribution is 2.17. The van der Waals surface area contributed by atoms with Crippen LogP contribution < -0.4 is 12.4 Å². The summed E-state index contributed by atoms with van der Waals surface area (Å²) >= 11 is 0. The third kappa shape index (κ3) is 7.01. The van der Waals surface area contributed by atoms with Gasteiger partial charge in [-0.1, -0.05) is 27.7 Å². The molecule has 0 radical (unpaired) electrons. The van der Waals surface area contributed by atoms with Crippen molar-refractivity contribution >= 4 is 5.96 Å². The smallest absolute Gasteiger partial charge is 0.300 e. The Hall–Kier alpha value is -0.280. The van der Waals surface area contributed by atoms with E-state index in [0.29, 0.717) is 0 Å². The maximum atomic E-state index is 5.03. The van der Waals surface area contributed by atoms with Crippen LogP contribution in [0.15, 0.2) is 4.99 Å². The normalized spacial score (nSPS) is 12.2. The van der Waals surface area contributed by atoms with E-state index < -0.39 is 0 Å². The molecule has 0 aliphatic rings. The fourth-order valence-corrected chi connectivity index (χ4v) is 3.19. The first-order valence-corrected chi connectivity index (χ1v) is 8.81. The van der Waals surface area contributed by atoms with Crippen molar-refractivity contribution in [2.24, 2.45) is 4.99 Å². The lowest BCUT2D eigenvalue weighted by molar-refractivity contribution is -0.847.